The quantitative estimate of drug-likeness (QED) is 0.473. The van der Waals surface area contributed by atoms with Crippen molar-refractivity contribution >= 4 is 5.84 Å². The van der Waals surface area contributed by atoms with Gasteiger partial charge in [0.25, 0.3) is 0 Å². The Morgan fingerprint density at radius 2 is 1.79 bits per heavy atom. The van der Waals surface area contributed by atoms with Gasteiger partial charge in [0.15, 0.2) is 0 Å². The van der Waals surface area contributed by atoms with E-state index in [1.807, 2.05) is 24.3 Å². The molecule has 0 fully saturated rings. The molecule has 0 saturated carbocycles. The van der Waals surface area contributed by atoms with Gasteiger partial charge in [0.2, 0.25) is 0 Å². The van der Waals surface area contributed by atoms with Gasteiger partial charge in [-0.15, -0.1) is 0 Å². The van der Waals surface area contributed by atoms with Crippen LogP contribution in [0.25, 0.3) is 0 Å². The number of aromatic nitrogens is 1. The molecule has 0 aliphatic carbocycles. The van der Waals surface area contributed by atoms with E-state index in [4.69, 9.17) is 15.9 Å². The molecule has 0 amide bonds. The minimum absolute atomic E-state index is 0.0734. The zero-order valence-electron chi connectivity index (χ0n) is 10.7. The average molecular weight is 255 g/mol. The summed E-state index contributed by atoms with van der Waals surface area (Å²) in [4.78, 5) is 3.98. The lowest BCUT2D eigenvalue weighted by Gasteiger charge is -2.07. The summed E-state index contributed by atoms with van der Waals surface area (Å²) in [5.41, 5.74) is 7.37. The second kappa shape index (κ2) is 6.54. The van der Waals surface area contributed by atoms with Gasteiger partial charge in [-0.1, -0.05) is 0 Å². The smallest absolute Gasteiger partial charge is 0.122 e. The Kier molecular flexibility index (Phi) is 4.50. The van der Waals surface area contributed by atoms with Crippen molar-refractivity contribution in [1.82, 2.24) is 4.98 Å². The largest absolute Gasteiger partial charge is 0.494 e. The summed E-state index contributed by atoms with van der Waals surface area (Å²) in [5.74, 6) is 0.879. The fraction of sp³-hybridized carbons (Fsp3) is 0.200. The number of hydrogen-bond donors (Lipinski definition) is 2. The van der Waals surface area contributed by atoms with Gasteiger partial charge in [0.05, 0.1) is 6.61 Å². The molecule has 98 valence electrons. The van der Waals surface area contributed by atoms with E-state index in [0.29, 0.717) is 12.2 Å². The van der Waals surface area contributed by atoms with Gasteiger partial charge in [0.1, 0.15) is 11.6 Å². The molecule has 0 saturated heterocycles. The van der Waals surface area contributed by atoms with E-state index >= 15 is 0 Å². The molecular formula is C15H17N3O. The Bertz CT molecular complexity index is 523. The van der Waals surface area contributed by atoms with Gasteiger partial charge in [-0.05, 0) is 54.8 Å². The Morgan fingerprint density at radius 1 is 1.11 bits per heavy atom. The van der Waals surface area contributed by atoms with Crippen LogP contribution in [0.5, 0.6) is 5.75 Å². The number of benzene rings is 1. The van der Waals surface area contributed by atoms with Crippen LogP contribution in [0.3, 0.4) is 0 Å². The average Bonchev–Trinajstić information content (AvgIpc) is 2.45. The van der Waals surface area contributed by atoms with Crippen LogP contribution in [-0.4, -0.2) is 17.4 Å². The first kappa shape index (κ1) is 13.1. The molecule has 1 heterocycles. The topological polar surface area (TPSA) is 72.0 Å². The first-order chi connectivity index (χ1) is 9.25. The van der Waals surface area contributed by atoms with Crippen molar-refractivity contribution in [3.63, 3.8) is 0 Å². The minimum Gasteiger partial charge on any atom is -0.494 e. The molecule has 4 nitrogen and oxygen atoms in total. The maximum absolute atomic E-state index is 7.30. The molecule has 0 spiro atoms. The Labute approximate surface area is 112 Å². The van der Waals surface area contributed by atoms with Crippen molar-refractivity contribution in [1.29, 1.82) is 5.41 Å². The van der Waals surface area contributed by atoms with Gasteiger partial charge in [-0.3, -0.25) is 10.4 Å². The zero-order valence-corrected chi connectivity index (χ0v) is 10.7. The van der Waals surface area contributed by atoms with E-state index in [1.165, 1.54) is 5.56 Å². The lowest BCUT2D eigenvalue weighted by Crippen LogP contribution is -2.10. The summed E-state index contributed by atoms with van der Waals surface area (Å²) in [7, 11) is 0. The molecule has 0 bridgehead atoms. The summed E-state index contributed by atoms with van der Waals surface area (Å²) in [5, 5.41) is 7.30. The third-order valence-electron chi connectivity index (χ3n) is 2.79. The standard InChI is InChI=1S/C15H17N3O/c16-15(17)13-3-5-14(6-4-13)19-11-1-2-12-7-9-18-10-8-12/h3-10H,1-2,11H2,(H3,16,17). The monoisotopic (exact) mass is 255 g/mol. The second-order valence-electron chi connectivity index (χ2n) is 4.25. The van der Waals surface area contributed by atoms with Crippen LogP contribution in [0.4, 0.5) is 0 Å². The number of nitrogens with one attached hydrogen (secondary N) is 1. The molecule has 1 aromatic carbocycles. The van der Waals surface area contributed by atoms with Crippen LogP contribution in [0.1, 0.15) is 17.5 Å². The Morgan fingerprint density at radius 3 is 2.42 bits per heavy atom. The molecule has 0 atom stereocenters. The number of nitrogens with two attached hydrogens (primary N) is 1. The number of hydrogen-bond acceptors (Lipinski definition) is 3. The fourth-order valence-electron chi connectivity index (χ4n) is 1.75. The molecule has 0 aliphatic heterocycles. The van der Waals surface area contributed by atoms with Crippen molar-refractivity contribution in [2.24, 2.45) is 5.73 Å². The molecule has 2 rings (SSSR count). The third kappa shape index (κ3) is 4.10. The number of aryl methyl sites for hydroxylation is 1. The van der Waals surface area contributed by atoms with Gasteiger partial charge in [0, 0.05) is 18.0 Å². The van der Waals surface area contributed by atoms with Crippen LogP contribution in [0.15, 0.2) is 48.8 Å². The summed E-state index contributed by atoms with van der Waals surface area (Å²) >= 11 is 0. The van der Waals surface area contributed by atoms with E-state index in [1.54, 1.807) is 24.5 Å². The van der Waals surface area contributed by atoms with Crippen LogP contribution in [0.2, 0.25) is 0 Å². The van der Waals surface area contributed by atoms with E-state index in [2.05, 4.69) is 4.98 Å². The first-order valence-corrected chi connectivity index (χ1v) is 6.22. The highest BCUT2D eigenvalue weighted by atomic mass is 16.5. The predicted octanol–water partition coefficient (Wildman–Crippen LogP) is 2.38. The first-order valence-electron chi connectivity index (χ1n) is 6.22. The number of amidine groups is 1. The molecule has 1 aromatic heterocycles. The maximum Gasteiger partial charge on any atom is 0.122 e. The molecule has 0 aliphatic rings. The molecule has 4 heteroatoms. The molecular weight excluding hydrogens is 238 g/mol. The fourth-order valence-corrected chi connectivity index (χ4v) is 1.75. The lowest BCUT2D eigenvalue weighted by atomic mass is 10.1. The summed E-state index contributed by atoms with van der Waals surface area (Å²) < 4.78 is 5.64. The normalized spacial score (nSPS) is 10.1. The highest BCUT2D eigenvalue weighted by Crippen LogP contribution is 2.12. The Hall–Kier alpha value is -2.36. The van der Waals surface area contributed by atoms with Crippen molar-refractivity contribution in [2.45, 2.75) is 12.8 Å². The summed E-state index contributed by atoms with van der Waals surface area (Å²) in [6, 6.07) is 11.3. The third-order valence-corrected chi connectivity index (χ3v) is 2.79. The Balaban J connectivity index is 1.75. The molecule has 2 aromatic rings. The van der Waals surface area contributed by atoms with E-state index in [9.17, 15) is 0 Å². The number of nitrogens with zero attached hydrogens (tertiary/aromatic N) is 1. The molecule has 0 radical (unpaired) electrons. The van der Waals surface area contributed by atoms with Crippen LogP contribution in [-0.2, 0) is 6.42 Å². The highest BCUT2D eigenvalue weighted by molar-refractivity contribution is 5.94. The van der Waals surface area contributed by atoms with Crippen molar-refractivity contribution in [3.05, 3.63) is 59.9 Å². The number of nitrogen functional groups attached to an aromatic ring is 1. The van der Waals surface area contributed by atoms with Crippen LogP contribution < -0.4 is 10.5 Å². The van der Waals surface area contributed by atoms with E-state index in [-0.39, 0.29) is 5.84 Å². The van der Waals surface area contributed by atoms with E-state index < -0.39 is 0 Å². The number of pyridine rings is 1. The molecule has 19 heavy (non-hydrogen) atoms. The van der Waals surface area contributed by atoms with Crippen LogP contribution in [0, 0.1) is 5.41 Å². The predicted molar refractivity (Wildman–Crippen MR) is 75.5 cm³/mol. The van der Waals surface area contributed by atoms with Gasteiger partial charge < -0.3 is 10.5 Å². The van der Waals surface area contributed by atoms with Gasteiger partial charge >= 0.3 is 0 Å². The summed E-state index contributed by atoms with van der Waals surface area (Å²) in [6.07, 6.45) is 5.54. The van der Waals surface area contributed by atoms with Crippen molar-refractivity contribution in [2.75, 3.05) is 6.61 Å². The van der Waals surface area contributed by atoms with Crippen molar-refractivity contribution in [3.8, 4) is 5.75 Å². The second-order valence-corrected chi connectivity index (χ2v) is 4.25. The van der Waals surface area contributed by atoms with Crippen LogP contribution >= 0.6 is 0 Å². The maximum atomic E-state index is 7.30. The van der Waals surface area contributed by atoms with Gasteiger partial charge in [-0.2, -0.15) is 0 Å². The number of ether oxygens (including phenoxy) is 1. The molecule has 3 N–H and O–H groups in total. The SMILES string of the molecule is N=C(N)c1ccc(OCCCc2ccncc2)cc1. The summed E-state index contributed by atoms with van der Waals surface area (Å²) in [6.45, 7) is 0.668. The minimum atomic E-state index is 0.0734. The highest BCUT2D eigenvalue weighted by Gasteiger charge is 1.98. The van der Waals surface area contributed by atoms with Crippen molar-refractivity contribution < 1.29 is 4.74 Å². The number of rotatable bonds is 6. The zero-order chi connectivity index (χ0) is 13.5. The van der Waals surface area contributed by atoms with Gasteiger partial charge in [-0.25, -0.2) is 0 Å². The van der Waals surface area contributed by atoms with E-state index in [0.717, 1.165) is 18.6 Å². The lowest BCUT2D eigenvalue weighted by molar-refractivity contribution is 0.311. The molecule has 0 unspecified atom stereocenters.